The first-order valence-corrected chi connectivity index (χ1v) is 9.93. The second-order valence-electron chi connectivity index (χ2n) is 7.32. The van der Waals surface area contributed by atoms with E-state index in [1.165, 1.54) is 5.56 Å². The lowest BCUT2D eigenvalue weighted by Gasteiger charge is -2.22. The number of fused-ring (bicyclic) bond motifs is 1. The van der Waals surface area contributed by atoms with Crippen molar-refractivity contribution >= 4 is 10.9 Å². The molecule has 4 aromatic rings. The van der Waals surface area contributed by atoms with Gasteiger partial charge in [0.15, 0.2) is 0 Å². The maximum Gasteiger partial charge on any atom is 0.266 e. The zero-order chi connectivity index (χ0) is 20.4. The van der Waals surface area contributed by atoms with Gasteiger partial charge in [0.2, 0.25) is 0 Å². The summed E-state index contributed by atoms with van der Waals surface area (Å²) in [6, 6.07) is 17.3. The van der Waals surface area contributed by atoms with Gasteiger partial charge in [-0.05, 0) is 67.8 Å². The third-order valence-electron chi connectivity index (χ3n) is 5.37. The minimum absolute atomic E-state index is 0.0490. The van der Waals surface area contributed by atoms with Crippen molar-refractivity contribution in [3.8, 4) is 5.69 Å². The first-order valence-electron chi connectivity index (χ1n) is 9.93. The van der Waals surface area contributed by atoms with Crippen LogP contribution in [0.3, 0.4) is 0 Å². The molecule has 29 heavy (non-hydrogen) atoms. The minimum atomic E-state index is -0.0981. The van der Waals surface area contributed by atoms with E-state index >= 15 is 0 Å². The molecule has 1 atom stereocenters. The van der Waals surface area contributed by atoms with Gasteiger partial charge in [-0.15, -0.1) is 0 Å². The Hall–Kier alpha value is -3.18. The number of nitrogens with one attached hydrogen (secondary N) is 1. The maximum absolute atomic E-state index is 13.5. The Balaban J connectivity index is 1.88. The number of para-hydroxylation sites is 1. The Labute approximate surface area is 170 Å². The van der Waals surface area contributed by atoms with Crippen LogP contribution in [0.25, 0.3) is 16.6 Å². The number of benzene rings is 2. The van der Waals surface area contributed by atoms with E-state index in [-0.39, 0.29) is 11.6 Å². The van der Waals surface area contributed by atoms with Gasteiger partial charge in [0.25, 0.3) is 5.56 Å². The number of rotatable bonds is 6. The van der Waals surface area contributed by atoms with E-state index in [4.69, 9.17) is 9.40 Å². The Bertz CT molecular complexity index is 1190. The lowest BCUT2D eigenvalue weighted by atomic mass is 10.1. The summed E-state index contributed by atoms with van der Waals surface area (Å²) in [4.78, 5) is 18.4. The summed E-state index contributed by atoms with van der Waals surface area (Å²) in [5.74, 6) is 1.57. The molecule has 0 bridgehead atoms. The van der Waals surface area contributed by atoms with E-state index in [9.17, 15) is 4.79 Å². The predicted molar refractivity (Wildman–Crippen MR) is 115 cm³/mol. The van der Waals surface area contributed by atoms with Crippen LogP contribution < -0.4 is 10.9 Å². The number of aryl methyl sites for hydroxylation is 2. The maximum atomic E-state index is 13.5. The SMILES string of the molecule is CCC(NCc1ccco1)c1nc2ccccc2c(=O)n1-c1ccc(C)c(C)c1. The molecule has 5 heteroatoms. The third-order valence-corrected chi connectivity index (χ3v) is 5.37. The van der Waals surface area contributed by atoms with E-state index in [0.717, 1.165) is 23.4 Å². The third kappa shape index (κ3) is 3.74. The summed E-state index contributed by atoms with van der Waals surface area (Å²) >= 11 is 0. The summed E-state index contributed by atoms with van der Waals surface area (Å²) < 4.78 is 7.20. The molecule has 0 aliphatic carbocycles. The molecule has 0 spiro atoms. The van der Waals surface area contributed by atoms with Crippen molar-refractivity contribution in [2.45, 2.75) is 39.8 Å². The number of hydrogen-bond acceptors (Lipinski definition) is 4. The number of nitrogens with zero attached hydrogens (tertiary/aromatic N) is 2. The largest absolute Gasteiger partial charge is 0.468 e. The van der Waals surface area contributed by atoms with Crippen molar-refractivity contribution in [2.24, 2.45) is 0 Å². The molecule has 0 amide bonds. The molecule has 0 saturated heterocycles. The molecule has 2 heterocycles. The second-order valence-corrected chi connectivity index (χ2v) is 7.32. The number of aromatic nitrogens is 2. The smallest absolute Gasteiger partial charge is 0.266 e. The van der Waals surface area contributed by atoms with Crippen LogP contribution in [-0.2, 0) is 6.54 Å². The predicted octanol–water partition coefficient (Wildman–Crippen LogP) is 4.84. The van der Waals surface area contributed by atoms with Gasteiger partial charge in [-0.2, -0.15) is 0 Å². The van der Waals surface area contributed by atoms with E-state index in [2.05, 4.69) is 32.2 Å². The molecule has 148 valence electrons. The van der Waals surface area contributed by atoms with Crippen LogP contribution in [0.1, 0.15) is 42.1 Å². The summed E-state index contributed by atoms with van der Waals surface area (Å²) in [7, 11) is 0. The Morgan fingerprint density at radius 2 is 1.90 bits per heavy atom. The standard InChI is InChI=1S/C24H25N3O2/c1-4-21(25-15-19-8-7-13-29-19)23-26-22-10-6-5-9-20(22)24(28)27(23)18-12-11-16(2)17(3)14-18/h5-14,21,25H,4,15H2,1-3H3. The lowest BCUT2D eigenvalue weighted by Crippen LogP contribution is -2.31. The van der Waals surface area contributed by atoms with E-state index in [1.54, 1.807) is 10.8 Å². The van der Waals surface area contributed by atoms with E-state index in [1.807, 2.05) is 48.5 Å². The lowest BCUT2D eigenvalue weighted by molar-refractivity contribution is 0.428. The summed E-state index contributed by atoms with van der Waals surface area (Å²) in [6.45, 7) is 6.79. The van der Waals surface area contributed by atoms with Crippen LogP contribution in [0, 0.1) is 13.8 Å². The van der Waals surface area contributed by atoms with Gasteiger partial charge >= 0.3 is 0 Å². The number of furan rings is 1. The van der Waals surface area contributed by atoms with Crippen LogP contribution in [0.15, 0.2) is 70.1 Å². The molecule has 4 rings (SSSR count). The molecule has 2 aromatic carbocycles. The Morgan fingerprint density at radius 3 is 2.62 bits per heavy atom. The molecular weight excluding hydrogens is 362 g/mol. The average molecular weight is 387 g/mol. The van der Waals surface area contributed by atoms with Gasteiger partial charge in [0, 0.05) is 0 Å². The summed E-state index contributed by atoms with van der Waals surface area (Å²) in [5.41, 5.74) is 3.84. The molecule has 0 aliphatic rings. The van der Waals surface area contributed by atoms with Gasteiger partial charge in [-0.3, -0.25) is 9.36 Å². The minimum Gasteiger partial charge on any atom is -0.468 e. The quantitative estimate of drug-likeness (QED) is 0.514. The first kappa shape index (κ1) is 19.2. The van der Waals surface area contributed by atoms with Crippen LogP contribution in [0.5, 0.6) is 0 Å². The Morgan fingerprint density at radius 1 is 1.07 bits per heavy atom. The molecule has 2 aromatic heterocycles. The van der Waals surface area contributed by atoms with E-state index < -0.39 is 0 Å². The van der Waals surface area contributed by atoms with Crippen LogP contribution in [-0.4, -0.2) is 9.55 Å². The fraction of sp³-hybridized carbons (Fsp3) is 0.250. The van der Waals surface area contributed by atoms with Gasteiger partial charge in [0.1, 0.15) is 11.6 Å². The highest BCUT2D eigenvalue weighted by molar-refractivity contribution is 5.77. The van der Waals surface area contributed by atoms with Crippen LogP contribution in [0.4, 0.5) is 0 Å². The van der Waals surface area contributed by atoms with E-state index in [0.29, 0.717) is 23.3 Å². The first-order chi connectivity index (χ1) is 14.1. The Kier molecular flexibility index (Phi) is 5.32. The molecule has 0 radical (unpaired) electrons. The van der Waals surface area contributed by atoms with Gasteiger partial charge in [0.05, 0.1) is 35.4 Å². The topological polar surface area (TPSA) is 60.1 Å². The molecule has 1 unspecified atom stereocenters. The van der Waals surface area contributed by atoms with Crippen molar-refractivity contribution in [3.05, 3.63) is 93.9 Å². The zero-order valence-corrected chi connectivity index (χ0v) is 17.0. The van der Waals surface area contributed by atoms with Crippen molar-refractivity contribution < 1.29 is 4.42 Å². The summed E-state index contributed by atoms with van der Waals surface area (Å²) in [5, 5.41) is 4.12. The fourth-order valence-electron chi connectivity index (χ4n) is 3.55. The molecular formula is C24H25N3O2. The second kappa shape index (κ2) is 8.05. The van der Waals surface area contributed by atoms with Gasteiger partial charge in [-0.1, -0.05) is 25.1 Å². The van der Waals surface area contributed by atoms with Crippen molar-refractivity contribution in [1.82, 2.24) is 14.9 Å². The highest BCUT2D eigenvalue weighted by Crippen LogP contribution is 2.22. The normalized spacial score (nSPS) is 12.4. The highest BCUT2D eigenvalue weighted by atomic mass is 16.3. The molecule has 0 fully saturated rings. The van der Waals surface area contributed by atoms with Crippen molar-refractivity contribution in [1.29, 1.82) is 0 Å². The molecule has 0 saturated carbocycles. The van der Waals surface area contributed by atoms with Crippen LogP contribution >= 0.6 is 0 Å². The number of hydrogen-bond donors (Lipinski definition) is 1. The van der Waals surface area contributed by atoms with Gasteiger partial charge in [-0.25, -0.2) is 4.98 Å². The molecule has 5 nitrogen and oxygen atoms in total. The highest BCUT2D eigenvalue weighted by Gasteiger charge is 2.20. The average Bonchev–Trinajstić information content (AvgIpc) is 3.25. The van der Waals surface area contributed by atoms with Crippen molar-refractivity contribution in [3.63, 3.8) is 0 Å². The monoisotopic (exact) mass is 387 g/mol. The van der Waals surface area contributed by atoms with Crippen molar-refractivity contribution in [2.75, 3.05) is 0 Å². The molecule has 1 N–H and O–H groups in total. The van der Waals surface area contributed by atoms with Gasteiger partial charge < -0.3 is 9.73 Å². The summed E-state index contributed by atoms with van der Waals surface area (Å²) in [6.07, 6.45) is 2.45. The zero-order valence-electron chi connectivity index (χ0n) is 17.0. The molecule has 0 aliphatic heterocycles. The fourth-order valence-corrected chi connectivity index (χ4v) is 3.55. The van der Waals surface area contributed by atoms with Crippen LogP contribution in [0.2, 0.25) is 0 Å².